The van der Waals surface area contributed by atoms with Crippen LogP contribution in [0, 0.1) is 0 Å². The number of carbonyl (C=O) groups excluding carboxylic acids is 1. The van der Waals surface area contributed by atoms with Gasteiger partial charge >= 0.3 is 6.09 Å². The first kappa shape index (κ1) is 10.7. The van der Waals surface area contributed by atoms with Gasteiger partial charge in [-0.05, 0) is 19.3 Å². The minimum Gasteiger partial charge on any atom is -0.449 e. The van der Waals surface area contributed by atoms with Crippen LogP contribution < -0.4 is 5.32 Å². The molecule has 4 nitrogen and oxygen atoms in total. The van der Waals surface area contributed by atoms with Gasteiger partial charge in [-0.15, -0.1) is 0 Å². The Morgan fingerprint density at radius 1 is 1.40 bits per heavy atom. The smallest absolute Gasteiger partial charge is 0.409 e. The molecule has 2 heterocycles. The van der Waals surface area contributed by atoms with Crippen molar-refractivity contribution in [2.45, 2.75) is 44.7 Å². The molecule has 0 aromatic rings. The predicted octanol–water partition coefficient (Wildman–Crippen LogP) is 1.36. The predicted molar refractivity (Wildman–Crippen MR) is 57.8 cm³/mol. The fraction of sp³-hybridized carbons (Fsp3) is 0.909. The molecule has 15 heavy (non-hydrogen) atoms. The number of rotatable bonds is 3. The van der Waals surface area contributed by atoms with Crippen molar-refractivity contribution in [2.75, 3.05) is 19.7 Å². The Morgan fingerprint density at radius 3 is 2.67 bits per heavy atom. The van der Waals surface area contributed by atoms with Crippen molar-refractivity contribution in [2.24, 2.45) is 0 Å². The first-order chi connectivity index (χ1) is 7.29. The van der Waals surface area contributed by atoms with Crippen molar-refractivity contribution in [3.8, 4) is 0 Å². The standard InChI is InChI=1S/C11H20N2O2/c1-2-3-6-15-11(14)13-7-9-4-5-10(8-13)12-9/h9-10,12H,2-8H2,1H3. The van der Waals surface area contributed by atoms with Crippen LogP contribution in [0.4, 0.5) is 4.79 Å². The number of ether oxygens (including phenoxy) is 1. The molecule has 2 unspecified atom stereocenters. The second kappa shape index (κ2) is 4.84. The van der Waals surface area contributed by atoms with Crippen molar-refractivity contribution in [3.63, 3.8) is 0 Å². The summed E-state index contributed by atoms with van der Waals surface area (Å²) in [6.07, 6.45) is 4.30. The van der Waals surface area contributed by atoms with E-state index in [9.17, 15) is 4.79 Å². The van der Waals surface area contributed by atoms with E-state index in [1.807, 2.05) is 4.90 Å². The van der Waals surface area contributed by atoms with Crippen molar-refractivity contribution in [1.82, 2.24) is 10.2 Å². The van der Waals surface area contributed by atoms with Crippen LogP contribution in [-0.2, 0) is 4.74 Å². The molecule has 1 amide bonds. The van der Waals surface area contributed by atoms with E-state index < -0.39 is 0 Å². The van der Waals surface area contributed by atoms with Gasteiger partial charge in [0.15, 0.2) is 0 Å². The summed E-state index contributed by atoms with van der Waals surface area (Å²) in [5.41, 5.74) is 0. The van der Waals surface area contributed by atoms with Gasteiger partial charge in [0.05, 0.1) is 6.61 Å². The van der Waals surface area contributed by atoms with Crippen LogP contribution in [0.15, 0.2) is 0 Å². The third-order valence-corrected chi connectivity index (χ3v) is 3.20. The zero-order valence-corrected chi connectivity index (χ0v) is 9.37. The molecular weight excluding hydrogens is 192 g/mol. The SMILES string of the molecule is CCCCOC(=O)N1CC2CCC(C1)N2. The molecule has 2 atom stereocenters. The van der Waals surface area contributed by atoms with Crippen LogP contribution >= 0.6 is 0 Å². The van der Waals surface area contributed by atoms with E-state index in [0.29, 0.717) is 18.7 Å². The quantitative estimate of drug-likeness (QED) is 0.718. The fourth-order valence-electron chi connectivity index (χ4n) is 2.34. The van der Waals surface area contributed by atoms with Crippen LogP contribution in [0.2, 0.25) is 0 Å². The third kappa shape index (κ3) is 2.62. The van der Waals surface area contributed by atoms with Crippen LogP contribution in [0.25, 0.3) is 0 Å². The number of carbonyl (C=O) groups is 1. The Bertz CT molecular complexity index is 221. The Balaban J connectivity index is 1.76. The maximum absolute atomic E-state index is 11.7. The average molecular weight is 212 g/mol. The average Bonchev–Trinajstić information content (AvgIpc) is 2.58. The molecule has 0 aliphatic carbocycles. The Morgan fingerprint density at radius 2 is 2.07 bits per heavy atom. The number of nitrogens with zero attached hydrogens (tertiary/aromatic N) is 1. The lowest BCUT2D eigenvalue weighted by atomic mass is 10.2. The van der Waals surface area contributed by atoms with Gasteiger partial charge in [-0.2, -0.15) is 0 Å². The van der Waals surface area contributed by atoms with E-state index in [4.69, 9.17) is 4.74 Å². The molecule has 2 saturated heterocycles. The summed E-state index contributed by atoms with van der Waals surface area (Å²) in [4.78, 5) is 13.5. The maximum atomic E-state index is 11.7. The highest BCUT2D eigenvalue weighted by Crippen LogP contribution is 2.20. The summed E-state index contributed by atoms with van der Waals surface area (Å²) in [7, 11) is 0. The lowest BCUT2D eigenvalue weighted by molar-refractivity contribution is 0.0884. The van der Waals surface area contributed by atoms with Gasteiger partial charge in [-0.1, -0.05) is 13.3 Å². The number of hydrogen-bond acceptors (Lipinski definition) is 3. The lowest BCUT2D eigenvalue weighted by Crippen LogP contribution is -2.53. The number of likely N-dealkylation sites (tertiary alicyclic amines) is 1. The molecule has 0 aromatic carbocycles. The fourth-order valence-corrected chi connectivity index (χ4v) is 2.34. The molecule has 2 aliphatic rings. The molecule has 0 saturated carbocycles. The van der Waals surface area contributed by atoms with Gasteiger partial charge in [0, 0.05) is 25.2 Å². The summed E-state index contributed by atoms with van der Waals surface area (Å²) in [6, 6.07) is 1.00. The molecule has 0 spiro atoms. The highest BCUT2D eigenvalue weighted by atomic mass is 16.6. The second-order valence-electron chi connectivity index (χ2n) is 4.51. The van der Waals surface area contributed by atoms with Crippen LogP contribution in [-0.4, -0.2) is 42.8 Å². The van der Waals surface area contributed by atoms with Crippen LogP contribution in [0.1, 0.15) is 32.6 Å². The zero-order valence-electron chi connectivity index (χ0n) is 9.37. The van der Waals surface area contributed by atoms with Gasteiger partial charge in [0.25, 0.3) is 0 Å². The minimum absolute atomic E-state index is 0.123. The van der Waals surface area contributed by atoms with Crippen LogP contribution in [0.3, 0.4) is 0 Å². The molecule has 2 aliphatic heterocycles. The molecule has 2 rings (SSSR count). The molecule has 0 radical (unpaired) electrons. The maximum Gasteiger partial charge on any atom is 0.409 e. The summed E-state index contributed by atoms with van der Waals surface area (Å²) in [5.74, 6) is 0. The first-order valence-electron chi connectivity index (χ1n) is 5.97. The highest BCUT2D eigenvalue weighted by molar-refractivity contribution is 5.68. The Kier molecular flexibility index (Phi) is 3.46. The monoisotopic (exact) mass is 212 g/mol. The summed E-state index contributed by atoms with van der Waals surface area (Å²) in [6.45, 7) is 4.30. The van der Waals surface area contributed by atoms with E-state index in [1.54, 1.807) is 0 Å². The zero-order chi connectivity index (χ0) is 10.7. The molecule has 86 valence electrons. The number of fused-ring (bicyclic) bond motifs is 2. The van der Waals surface area contributed by atoms with E-state index >= 15 is 0 Å². The Hall–Kier alpha value is -0.770. The number of nitrogens with one attached hydrogen (secondary N) is 1. The normalized spacial score (nSPS) is 29.3. The molecule has 2 bridgehead atoms. The molecule has 2 fully saturated rings. The van der Waals surface area contributed by atoms with Gasteiger partial charge in [0.1, 0.15) is 0 Å². The topological polar surface area (TPSA) is 41.6 Å². The van der Waals surface area contributed by atoms with E-state index in [-0.39, 0.29) is 6.09 Å². The minimum atomic E-state index is -0.123. The largest absolute Gasteiger partial charge is 0.449 e. The van der Waals surface area contributed by atoms with Gasteiger partial charge < -0.3 is 15.0 Å². The summed E-state index contributed by atoms with van der Waals surface area (Å²) in [5, 5.41) is 3.49. The molecular formula is C11H20N2O2. The number of amides is 1. The van der Waals surface area contributed by atoms with Gasteiger partial charge in [-0.3, -0.25) is 0 Å². The van der Waals surface area contributed by atoms with Crippen molar-refractivity contribution in [3.05, 3.63) is 0 Å². The van der Waals surface area contributed by atoms with Crippen LogP contribution in [0.5, 0.6) is 0 Å². The van der Waals surface area contributed by atoms with E-state index in [0.717, 1.165) is 25.9 Å². The molecule has 4 heteroatoms. The van der Waals surface area contributed by atoms with Crippen molar-refractivity contribution >= 4 is 6.09 Å². The van der Waals surface area contributed by atoms with Crippen molar-refractivity contribution in [1.29, 1.82) is 0 Å². The van der Waals surface area contributed by atoms with Gasteiger partial charge in [0.2, 0.25) is 0 Å². The van der Waals surface area contributed by atoms with E-state index in [1.165, 1.54) is 12.8 Å². The highest BCUT2D eigenvalue weighted by Gasteiger charge is 2.34. The van der Waals surface area contributed by atoms with E-state index in [2.05, 4.69) is 12.2 Å². The summed E-state index contributed by atoms with van der Waals surface area (Å²) < 4.78 is 5.21. The lowest BCUT2D eigenvalue weighted by Gasteiger charge is -2.32. The number of unbranched alkanes of at least 4 members (excludes halogenated alkanes) is 1. The third-order valence-electron chi connectivity index (χ3n) is 3.20. The number of piperazine rings is 1. The van der Waals surface area contributed by atoms with Gasteiger partial charge in [-0.25, -0.2) is 4.79 Å². The first-order valence-corrected chi connectivity index (χ1v) is 5.97. The Labute approximate surface area is 91.0 Å². The molecule has 0 aromatic heterocycles. The molecule has 1 N–H and O–H groups in total. The summed E-state index contributed by atoms with van der Waals surface area (Å²) >= 11 is 0. The van der Waals surface area contributed by atoms with Crippen molar-refractivity contribution < 1.29 is 9.53 Å². The second-order valence-corrected chi connectivity index (χ2v) is 4.51. The number of hydrogen-bond donors (Lipinski definition) is 1.